The average Bonchev–Trinajstić information content (AvgIpc) is 3.23. The smallest absolute Gasteiger partial charge is 0.418 e. The van der Waals surface area contributed by atoms with Gasteiger partial charge in [-0.25, -0.2) is 18.4 Å². The van der Waals surface area contributed by atoms with Crippen molar-refractivity contribution < 1.29 is 26.7 Å². The lowest BCUT2D eigenvalue weighted by Gasteiger charge is -2.14. The molecule has 0 N–H and O–H groups in total. The van der Waals surface area contributed by atoms with Crippen LogP contribution in [0, 0.1) is 0 Å². The number of fused-ring (bicyclic) bond motifs is 2. The third-order valence-electron chi connectivity index (χ3n) is 3.97. The van der Waals surface area contributed by atoms with Crippen LogP contribution in [-0.4, -0.2) is 31.5 Å². The molecule has 11 heteroatoms. The Morgan fingerprint density at radius 1 is 1.11 bits per heavy atom. The maximum atomic E-state index is 13.5. The molecular weight excluding hydrogens is 373 g/mol. The Hall–Kier alpha value is -3.24. The standard InChI is InChI=1S/C16H10F5N5O/c1-27-10-5-6-11-23-14(13(17)18)24-25(11)15(10)26-12-8(7-22-26)3-2-4-9(12)16(19,20)21/h2-7,13H,1H3. The lowest BCUT2D eigenvalue weighted by atomic mass is 10.1. The van der Waals surface area contributed by atoms with Crippen LogP contribution in [0.25, 0.3) is 22.4 Å². The van der Waals surface area contributed by atoms with Gasteiger partial charge in [0, 0.05) is 5.39 Å². The van der Waals surface area contributed by atoms with Crippen molar-refractivity contribution in [3.63, 3.8) is 0 Å². The van der Waals surface area contributed by atoms with Crippen LogP contribution in [0.4, 0.5) is 22.0 Å². The second-order valence-corrected chi connectivity index (χ2v) is 5.56. The minimum Gasteiger partial charge on any atom is -0.493 e. The van der Waals surface area contributed by atoms with Crippen LogP contribution >= 0.6 is 0 Å². The van der Waals surface area contributed by atoms with Gasteiger partial charge in [0.15, 0.2) is 17.2 Å². The Morgan fingerprint density at radius 3 is 2.56 bits per heavy atom. The second-order valence-electron chi connectivity index (χ2n) is 5.56. The van der Waals surface area contributed by atoms with E-state index in [0.717, 1.165) is 15.3 Å². The maximum absolute atomic E-state index is 13.5. The number of hydrogen-bond donors (Lipinski definition) is 0. The first-order chi connectivity index (χ1) is 12.8. The van der Waals surface area contributed by atoms with Gasteiger partial charge in [0.2, 0.25) is 5.82 Å². The van der Waals surface area contributed by atoms with E-state index in [9.17, 15) is 22.0 Å². The first-order valence-electron chi connectivity index (χ1n) is 7.57. The summed E-state index contributed by atoms with van der Waals surface area (Å²) in [4.78, 5) is 3.69. The van der Waals surface area contributed by atoms with Crippen molar-refractivity contribution in [3.8, 4) is 11.6 Å². The highest BCUT2D eigenvalue weighted by molar-refractivity contribution is 5.84. The highest BCUT2D eigenvalue weighted by atomic mass is 19.4. The van der Waals surface area contributed by atoms with Crippen LogP contribution in [0.3, 0.4) is 0 Å². The van der Waals surface area contributed by atoms with E-state index in [1.807, 2.05) is 0 Å². The van der Waals surface area contributed by atoms with Crippen LogP contribution in [0.1, 0.15) is 17.8 Å². The van der Waals surface area contributed by atoms with E-state index < -0.39 is 24.0 Å². The Kier molecular flexibility index (Phi) is 3.75. The topological polar surface area (TPSA) is 57.2 Å². The third kappa shape index (κ3) is 2.66. The molecular formula is C16H10F5N5O. The molecule has 0 unspecified atom stereocenters. The fourth-order valence-corrected chi connectivity index (χ4v) is 2.85. The largest absolute Gasteiger partial charge is 0.493 e. The number of para-hydroxylation sites is 1. The number of halogens is 5. The van der Waals surface area contributed by atoms with Crippen LogP contribution in [0.15, 0.2) is 36.5 Å². The van der Waals surface area contributed by atoms with Gasteiger partial charge in [0.25, 0.3) is 6.43 Å². The SMILES string of the molecule is COc1ccc2nc(C(F)F)nn2c1-n1ncc2cccc(C(F)(F)F)c21. The first-order valence-corrected chi connectivity index (χ1v) is 7.57. The van der Waals surface area contributed by atoms with E-state index in [2.05, 4.69) is 15.2 Å². The number of methoxy groups -OCH3 is 1. The molecule has 4 rings (SSSR count). The lowest BCUT2D eigenvalue weighted by Crippen LogP contribution is -2.12. The molecule has 0 saturated carbocycles. The molecule has 4 aromatic rings. The van der Waals surface area contributed by atoms with Gasteiger partial charge in [-0.1, -0.05) is 12.1 Å². The molecule has 0 aliphatic carbocycles. The molecule has 0 atom stereocenters. The summed E-state index contributed by atoms with van der Waals surface area (Å²) in [5, 5.41) is 7.94. The first kappa shape index (κ1) is 17.2. The summed E-state index contributed by atoms with van der Waals surface area (Å²) < 4.78 is 73.6. The highest BCUT2D eigenvalue weighted by Crippen LogP contribution is 2.37. The number of alkyl halides is 5. The van der Waals surface area contributed by atoms with Crippen molar-refractivity contribution >= 4 is 16.6 Å². The molecule has 0 spiro atoms. The summed E-state index contributed by atoms with van der Waals surface area (Å²) in [6, 6.07) is 6.42. The van der Waals surface area contributed by atoms with Gasteiger partial charge in [0.05, 0.1) is 24.4 Å². The molecule has 140 valence electrons. The fourth-order valence-electron chi connectivity index (χ4n) is 2.85. The van der Waals surface area contributed by atoms with Crippen LogP contribution in [0.2, 0.25) is 0 Å². The van der Waals surface area contributed by atoms with Crippen LogP contribution in [0.5, 0.6) is 5.75 Å². The zero-order chi connectivity index (χ0) is 19.3. The molecule has 0 bridgehead atoms. The fraction of sp³-hybridized carbons (Fsp3) is 0.188. The average molecular weight is 383 g/mol. The summed E-state index contributed by atoms with van der Waals surface area (Å²) in [7, 11) is 1.30. The Morgan fingerprint density at radius 2 is 1.89 bits per heavy atom. The van der Waals surface area contributed by atoms with E-state index in [-0.39, 0.29) is 28.1 Å². The Bertz CT molecular complexity index is 1150. The highest BCUT2D eigenvalue weighted by Gasteiger charge is 2.35. The minimum absolute atomic E-state index is 0.0224. The van der Waals surface area contributed by atoms with Gasteiger partial charge in [-0.2, -0.15) is 22.8 Å². The third-order valence-corrected chi connectivity index (χ3v) is 3.97. The van der Waals surface area contributed by atoms with Crippen molar-refractivity contribution in [3.05, 3.63) is 47.9 Å². The molecule has 0 radical (unpaired) electrons. The molecule has 3 heterocycles. The molecule has 27 heavy (non-hydrogen) atoms. The monoisotopic (exact) mass is 383 g/mol. The summed E-state index contributed by atoms with van der Waals surface area (Å²) in [6.07, 6.45) is -6.34. The molecule has 6 nitrogen and oxygen atoms in total. The van der Waals surface area contributed by atoms with Crippen LogP contribution in [-0.2, 0) is 6.18 Å². The van der Waals surface area contributed by atoms with E-state index in [0.29, 0.717) is 0 Å². The number of ether oxygens (including phenoxy) is 1. The van der Waals surface area contributed by atoms with Gasteiger partial charge in [-0.05, 0) is 18.2 Å². The molecule has 3 aromatic heterocycles. The van der Waals surface area contributed by atoms with Gasteiger partial charge >= 0.3 is 6.18 Å². The van der Waals surface area contributed by atoms with Gasteiger partial charge in [-0.3, -0.25) is 0 Å². The summed E-state index contributed by atoms with van der Waals surface area (Å²) in [5.41, 5.74) is -1.15. The normalized spacial score (nSPS) is 12.4. The number of hydrogen-bond acceptors (Lipinski definition) is 4. The Labute approximate surface area is 147 Å². The van der Waals surface area contributed by atoms with Gasteiger partial charge in [-0.15, -0.1) is 5.10 Å². The van der Waals surface area contributed by atoms with Crippen molar-refractivity contribution in [1.82, 2.24) is 24.4 Å². The van der Waals surface area contributed by atoms with Crippen LogP contribution < -0.4 is 4.74 Å². The Balaban J connectivity index is 2.11. The van der Waals surface area contributed by atoms with Crippen molar-refractivity contribution in [2.75, 3.05) is 7.11 Å². The van der Waals surface area contributed by atoms with E-state index in [1.165, 1.54) is 37.6 Å². The zero-order valence-corrected chi connectivity index (χ0v) is 13.6. The zero-order valence-electron chi connectivity index (χ0n) is 13.6. The predicted molar refractivity (Wildman–Crippen MR) is 84.1 cm³/mol. The minimum atomic E-state index is -4.64. The molecule has 0 saturated heterocycles. The number of benzene rings is 1. The molecule has 0 aliphatic rings. The van der Waals surface area contributed by atoms with E-state index >= 15 is 0 Å². The predicted octanol–water partition coefficient (Wildman–Crippen LogP) is 4.03. The molecule has 0 fully saturated rings. The van der Waals surface area contributed by atoms with E-state index in [1.54, 1.807) is 0 Å². The number of aromatic nitrogens is 5. The van der Waals surface area contributed by atoms with Crippen molar-refractivity contribution in [1.29, 1.82) is 0 Å². The quantitative estimate of drug-likeness (QED) is 0.501. The molecule has 0 aliphatic heterocycles. The molecule has 0 amide bonds. The van der Waals surface area contributed by atoms with Gasteiger partial charge in [0.1, 0.15) is 0 Å². The van der Waals surface area contributed by atoms with Crippen molar-refractivity contribution in [2.24, 2.45) is 0 Å². The number of nitrogens with zero attached hydrogens (tertiary/aromatic N) is 5. The number of rotatable bonds is 3. The summed E-state index contributed by atoms with van der Waals surface area (Å²) in [6.45, 7) is 0. The second kappa shape index (κ2) is 5.89. The lowest BCUT2D eigenvalue weighted by molar-refractivity contribution is -0.136. The van der Waals surface area contributed by atoms with E-state index in [4.69, 9.17) is 4.74 Å². The van der Waals surface area contributed by atoms with Crippen molar-refractivity contribution in [2.45, 2.75) is 12.6 Å². The summed E-state index contributed by atoms with van der Waals surface area (Å²) in [5.74, 6) is -0.728. The maximum Gasteiger partial charge on any atom is 0.418 e. The van der Waals surface area contributed by atoms with Gasteiger partial charge < -0.3 is 4.74 Å². The summed E-state index contributed by atoms with van der Waals surface area (Å²) >= 11 is 0. The molecule has 1 aromatic carbocycles. The number of pyridine rings is 1.